The Hall–Kier alpha value is -1.89. The molecule has 0 radical (unpaired) electrons. The Kier molecular flexibility index (Phi) is 3.08. The van der Waals surface area contributed by atoms with Gasteiger partial charge in [0.25, 0.3) is 0 Å². The molecule has 0 saturated heterocycles. The third-order valence-electron chi connectivity index (χ3n) is 2.31. The first-order valence-corrected chi connectivity index (χ1v) is 5.31. The van der Waals surface area contributed by atoms with Crippen molar-refractivity contribution >= 4 is 18.0 Å². The minimum absolute atomic E-state index is 0.140. The fraction of sp³-hybridized carbons (Fsp3) is 0.0909. The van der Waals surface area contributed by atoms with Crippen LogP contribution >= 0.6 is 12.2 Å². The van der Waals surface area contributed by atoms with Crippen LogP contribution in [-0.4, -0.2) is 9.97 Å². The molecular weight excluding hydrogens is 263 g/mol. The summed E-state index contributed by atoms with van der Waals surface area (Å²) >= 11 is 4.88. The van der Waals surface area contributed by atoms with Gasteiger partial charge in [0.15, 0.2) is 5.82 Å². The van der Waals surface area contributed by atoms with Crippen molar-refractivity contribution in [2.75, 3.05) is 5.73 Å². The topological polar surface area (TPSA) is 54.7 Å². The lowest BCUT2D eigenvalue weighted by atomic mass is 10.1. The van der Waals surface area contributed by atoms with Crippen molar-refractivity contribution in [3.05, 3.63) is 40.7 Å². The van der Waals surface area contributed by atoms with Gasteiger partial charge < -0.3 is 10.7 Å². The minimum atomic E-state index is -4.38. The first kappa shape index (κ1) is 12.6. The molecule has 0 atom stereocenters. The van der Waals surface area contributed by atoms with Crippen LogP contribution in [0.25, 0.3) is 11.3 Å². The summed E-state index contributed by atoms with van der Waals surface area (Å²) in [5, 5.41) is 0. The van der Waals surface area contributed by atoms with Crippen LogP contribution in [0.15, 0.2) is 30.5 Å². The van der Waals surface area contributed by atoms with Crippen LogP contribution in [0, 0.1) is 4.64 Å². The van der Waals surface area contributed by atoms with E-state index >= 15 is 0 Å². The highest BCUT2D eigenvalue weighted by atomic mass is 32.1. The average Bonchev–Trinajstić information content (AvgIpc) is 2.32. The summed E-state index contributed by atoms with van der Waals surface area (Å²) in [7, 11) is 0. The Balaban J connectivity index is 2.51. The summed E-state index contributed by atoms with van der Waals surface area (Å²) in [5.41, 5.74) is 5.45. The van der Waals surface area contributed by atoms with Crippen molar-refractivity contribution in [2.24, 2.45) is 0 Å². The number of halogens is 3. The van der Waals surface area contributed by atoms with Gasteiger partial charge in [0.1, 0.15) is 4.64 Å². The molecule has 94 valence electrons. The van der Waals surface area contributed by atoms with Gasteiger partial charge in [-0.3, -0.25) is 0 Å². The number of nitrogens with one attached hydrogen (secondary N) is 1. The van der Waals surface area contributed by atoms with Gasteiger partial charge in [0, 0.05) is 5.56 Å². The van der Waals surface area contributed by atoms with E-state index in [1.165, 1.54) is 18.3 Å². The molecule has 0 aliphatic carbocycles. The van der Waals surface area contributed by atoms with Gasteiger partial charge in [-0.05, 0) is 12.1 Å². The maximum atomic E-state index is 12.6. The van der Waals surface area contributed by atoms with Gasteiger partial charge in [-0.15, -0.1) is 0 Å². The number of aromatic amines is 1. The van der Waals surface area contributed by atoms with Crippen molar-refractivity contribution in [3.8, 4) is 11.3 Å². The smallest absolute Gasteiger partial charge is 0.381 e. The van der Waals surface area contributed by atoms with Crippen molar-refractivity contribution in [1.29, 1.82) is 0 Å². The first-order valence-electron chi connectivity index (χ1n) is 4.90. The Bertz CT molecular complexity index is 634. The SMILES string of the molecule is Nc1ncc(-c2cccc(C(F)(F)F)c2)[nH]c1=S. The van der Waals surface area contributed by atoms with Crippen LogP contribution in [0.5, 0.6) is 0 Å². The molecule has 7 heteroatoms. The highest BCUT2D eigenvalue weighted by molar-refractivity contribution is 7.71. The summed E-state index contributed by atoms with van der Waals surface area (Å²) in [4.78, 5) is 6.54. The van der Waals surface area contributed by atoms with E-state index in [9.17, 15) is 13.2 Å². The van der Waals surface area contributed by atoms with E-state index in [0.717, 1.165) is 12.1 Å². The van der Waals surface area contributed by atoms with Gasteiger partial charge >= 0.3 is 6.18 Å². The Morgan fingerprint density at radius 1 is 1.28 bits per heavy atom. The summed E-state index contributed by atoms with van der Waals surface area (Å²) in [6.07, 6.45) is -3.03. The largest absolute Gasteiger partial charge is 0.416 e. The van der Waals surface area contributed by atoms with Gasteiger partial charge in [0.05, 0.1) is 17.5 Å². The van der Waals surface area contributed by atoms with Gasteiger partial charge in [-0.25, -0.2) is 4.98 Å². The van der Waals surface area contributed by atoms with Crippen LogP contribution in [0.2, 0.25) is 0 Å². The lowest BCUT2D eigenvalue weighted by Crippen LogP contribution is -2.04. The molecule has 3 N–H and O–H groups in total. The molecule has 0 saturated carbocycles. The summed E-state index contributed by atoms with van der Waals surface area (Å²) in [5.74, 6) is 0.140. The van der Waals surface area contributed by atoms with Crippen molar-refractivity contribution < 1.29 is 13.2 Å². The van der Waals surface area contributed by atoms with E-state index in [0.29, 0.717) is 11.3 Å². The summed E-state index contributed by atoms with van der Waals surface area (Å²) < 4.78 is 37.9. The molecular formula is C11H8F3N3S. The highest BCUT2D eigenvalue weighted by Crippen LogP contribution is 2.31. The predicted molar refractivity (Wildman–Crippen MR) is 64.3 cm³/mol. The van der Waals surface area contributed by atoms with Crippen molar-refractivity contribution in [3.63, 3.8) is 0 Å². The van der Waals surface area contributed by atoms with E-state index in [1.54, 1.807) is 0 Å². The fourth-order valence-electron chi connectivity index (χ4n) is 1.42. The summed E-state index contributed by atoms with van der Waals surface area (Å²) in [6.45, 7) is 0. The monoisotopic (exact) mass is 271 g/mol. The number of aromatic nitrogens is 2. The van der Waals surface area contributed by atoms with E-state index in [1.807, 2.05) is 0 Å². The van der Waals surface area contributed by atoms with Crippen LogP contribution in [-0.2, 0) is 6.18 Å². The first-order chi connectivity index (χ1) is 8.38. The van der Waals surface area contributed by atoms with Crippen LogP contribution < -0.4 is 5.73 Å². The number of rotatable bonds is 1. The number of nitrogen functional groups attached to an aromatic ring is 1. The molecule has 0 amide bonds. The van der Waals surface area contributed by atoms with E-state index in [2.05, 4.69) is 9.97 Å². The zero-order chi connectivity index (χ0) is 13.3. The maximum absolute atomic E-state index is 12.6. The third kappa shape index (κ3) is 2.51. The number of nitrogens with zero attached hydrogens (tertiary/aromatic N) is 1. The molecule has 1 heterocycles. The molecule has 0 fully saturated rings. The number of hydrogen-bond acceptors (Lipinski definition) is 3. The normalized spacial score (nSPS) is 11.5. The molecule has 1 aromatic heterocycles. The molecule has 1 aromatic carbocycles. The van der Waals surface area contributed by atoms with Crippen molar-refractivity contribution in [1.82, 2.24) is 9.97 Å². The number of benzene rings is 1. The molecule has 18 heavy (non-hydrogen) atoms. The van der Waals surface area contributed by atoms with Gasteiger partial charge in [-0.2, -0.15) is 13.2 Å². The number of anilines is 1. The fourth-order valence-corrected chi connectivity index (χ4v) is 1.58. The molecule has 3 nitrogen and oxygen atoms in total. The highest BCUT2D eigenvalue weighted by Gasteiger charge is 2.30. The van der Waals surface area contributed by atoms with Crippen LogP contribution in [0.1, 0.15) is 5.56 Å². The van der Waals surface area contributed by atoms with E-state index < -0.39 is 11.7 Å². The third-order valence-corrected chi connectivity index (χ3v) is 2.63. The molecule has 0 unspecified atom stereocenters. The second-order valence-electron chi connectivity index (χ2n) is 3.59. The Morgan fingerprint density at radius 3 is 2.61 bits per heavy atom. The van der Waals surface area contributed by atoms with Gasteiger partial charge in [0.2, 0.25) is 0 Å². The van der Waals surface area contributed by atoms with E-state index in [-0.39, 0.29) is 10.5 Å². The minimum Gasteiger partial charge on any atom is -0.381 e. The van der Waals surface area contributed by atoms with Crippen LogP contribution in [0.4, 0.5) is 19.0 Å². The lowest BCUT2D eigenvalue weighted by molar-refractivity contribution is -0.137. The molecule has 2 rings (SSSR count). The summed E-state index contributed by atoms with van der Waals surface area (Å²) in [6, 6.07) is 4.89. The second-order valence-corrected chi connectivity index (χ2v) is 4.00. The quantitative estimate of drug-likeness (QED) is 0.781. The maximum Gasteiger partial charge on any atom is 0.416 e. The molecule has 0 aliphatic rings. The standard InChI is InChI=1S/C11H8F3N3S/c12-11(13,14)7-3-1-2-6(4-7)8-5-16-9(15)10(18)17-8/h1-5H,(H2,15,16)(H,17,18). The Morgan fingerprint density at radius 2 is 2.00 bits per heavy atom. The van der Waals surface area contributed by atoms with E-state index in [4.69, 9.17) is 18.0 Å². The predicted octanol–water partition coefficient (Wildman–Crippen LogP) is 3.41. The second kappa shape index (κ2) is 4.41. The zero-order valence-electron chi connectivity index (χ0n) is 8.95. The van der Waals surface area contributed by atoms with Crippen molar-refractivity contribution in [2.45, 2.75) is 6.18 Å². The average molecular weight is 271 g/mol. The number of H-pyrrole nitrogens is 1. The zero-order valence-corrected chi connectivity index (χ0v) is 9.77. The number of alkyl halides is 3. The lowest BCUT2D eigenvalue weighted by Gasteiger charge is -2.08. The molecule has 0 aliphatic heterocycles. The molecule has 0 spiro atoms. The number of nitrogens with two attached hydrogens (primary N) is 1. The Labute approximate surface area is 105 Å². The molecule has 2 aromatic rings. The molecule has 0 bridgehead atoms. The van der Waals surface area contributed by atoms with Crippen LogP contribution in [0.3, 0.4) is 0 Å². The van der Waals surface area contributed by atoms with Gasteiger partial charge in [-0.1, -0.05) is 24.4 Å². The number of hydrogen-bond donors (Lipinski definition) is 2.